The first-order valence-electron chi connectivity index (χ1n) is 8.83. The number of halogens is 2. The van der Waals surface area contributed by atoms with Crippen LogP contribution < -0.4 is 11.1 Å². The Morgan fingerprint density at radius 3 is 3.04 bits per heavy atom. The molecule has 2 aliphatic heterocycles. The maximum absolute atomic E-state index is 14.8. The lowest BCUT2D eigenvalue weighted by Crippen LogP contribution is -2.46. The van der Waals surface area contributed by atoms with Crippen LogP contribution in [0.3, 0.4) is 0 Å². The summed E-state index contributed by atoms with van der Waals surface area (Å²) in [4.78, 5) is 21.1. The lowest BCUT2D eigenvalue weighted by molar-refractivity contribution is -0.115. The van der Waals surface area contributed by atoms with E-state index >= 15 is 0 Å². The van der Waals surface area contributed by atoms with Gasteiger partial charge in [-0.15, -0.1) is 0 Å². The van der Waals surface area contributed by atoms with Gasteiger partial charge in [0.15, 0.2) is 10.9 Å². The summed E-state index contributed by atoms with van der Waals surface area (Å²) in [6, 6.07) is 7.74. The van der Waals surface area contributed by atoms with Gasteiger partial charge in [-0.05, 0) is 59.1 Å². The summed E-state index contributed by atoms with van der Waals surface area (Å²) < 4.78 is 21.6. The van der Waals surface area contributed by atoms with E-state index in [4.69, 9.17) is 10.5 Å². The first kappa shape index (κ1) is 19.4. The lowest BCUT2D eigenvalue weighted by atomic mass is 9.84. The number of hydrogen-bond acceptors (Lipinski definition) is 6. The summed E-state index contributed by atoms with van der Waals surface area (Å²) in [5, 5.41) is 3.14. The number of nitrogens with one attached hydrogen (secondary N) is 1. The summed E-state index contributed by atoms with van der Waals surface area (Å²) in [5.74, 6) is -0.0816. The number of rotatable bonds is 3. The van der Waals surface area contributed by atoms with E-state index in [-0.39, 0.29) is 17.5 Å². The lowest BCUT2D eigenvalue weighted by Gasteiger charge is -2.43. The van der Waals surface area contributed by atoms with E-state index in [0.717, 1.165) is 17.3 Å². The van der Waals surface area contributed by atoms with Crippen molar-refractivity contribution in [3.8, 4) is 0 Å². The molecule has 4 rings (SSSR count). The molecular formula is C19H18BrFN4O2S. The number of benzene rings is 1. The predicted octanol–water partition coefficient (Wildman–Crippen LogP) is 3.88. The molecule has 0 aliphatic carbocycles. The molecule has 1 amide bonds. The van der Waals surface area contributed by atoms with Crippen LogP contribution in [0.25, 0.3) is 0 Å². The highest BCUT2D eigenvalue weighted by Gasteiger charge is 2.48. The van der Waals surface area contributed by atoms with E-state index in [1.807, 2.05) is 0 Å². The fourth-order valence-corrected chi connectivity index (χ4v) is 4.71. The van der Waals surface area contributed by atoms with Crippen molar-refractivity contribution in [2.24, 2.45) is 16.6 Å². The van der Waals surface area contributed by atoms with Gasteiger partial charge in [0.2, 0.25) is 0 Å². The van der Waals surface area contributed by atoms with Crippen molar-refractivity contribution in [2.45, 2.75) is 18.6 Å². The van der Waals surface area contributed by atoms with E-state index in [9.17, 15) is 9.18 Å². The number of aromatic nitrogens is 1. The van der Waals surface area contributed by atoms with Crippen molar-refractivity contribution in [1.82, 2.24) is 4.98 Å². The molecule has 9 heteroatoms. The highest BCUT2D eigenvalue weighted by Crippen LogP contribution is 2.47. The van der Waals surface area contributed by atoms with E-state index in [1.54, 1.807) is 24.4 Å². The molecule has 28 heavy (non-hydrogen) atoms. The largest absolute Gasteiger partial charge is 0.378 e. The first-order valence-corrected chi connectivity index (χ1v) is 10.6. The van der Waals surface area contributed by atoms with Crippen LogP contribution >= 0.6 is 27.7 Å². The van der Waals surface area contributed by atoms with Crippen molar-refractivity contribution < 1.29 is 13.9 Å². The van der Waals surface area contributed by atoms with Gasteiger partial charge in [0, 0.05) is 40.2 Å². The van der Waals surface area contributed by atoms with Crippen molar-refractivity contribution in [3.05, 3.63) is 58.1 Å². The monoisotopic (exact) mass is 464 g/mol. The minimum Gasteiger partial charge on any atom is -0.378 e. The van der Waals surface area contributed by atoms with Gasteiger partial charge in [-0.3, -0.25) is 4.79 Å². The second-order valence-electron chi connectivity index (χ2n) is 6.66. The molecule has 3 N–H and O–H groups in total. The van der Waals surface area contributed by atoms with Gasteiger partial charge < -0.3 is 15.8 Å². The number of amides is 1. The topological polar surface area (TPSA) is 89.6 Å². The van der Waals surface area contributed by atoms with Crippen molar-refractivity contribution in [1.29, 1.82) is 0 Å². The average Bonchev–Trinajstić information content (AvgIpc) is 2.69. The molecule has 0 bridgehead atoms. The summed E-state index contributed by atoms with van der Waals surface area (Å²) in [7, 11) is 0. The Labute approximate surface area is 174 Å². The van der Waals surface area contributed by atoms with Gasteiger partial charge in [0.05, 0.1) is 0 Å². The van der Waals surface area contributed by atoms with Crippen LogP contribution in [0, 0.1) is 11.7 Å². The number of anilines is 1. The number of thioether (sulfide) groups is 1. The molecule has 2 aromatic rings. The molecule has 0 spiro atoms. The Morgan fingerprint density at radius 2 is 2.25 bits per heavy atom. The molecule has 1 fully saturated rings. The van der Waals surface area contributed by atoms with Crippen LogP contribution in [-0.2, 0) is 10.5 Å². The second kappa shape index (κ2) is 7.81. The maximum atomic E-state index is 14.8. The Balaban J connectivity index is 1.68. The SMILES string of the molecule is NC1=N[C@@]2(c3cc(NC(=O)c4ccc(Br)cn4)ccc3F)OCCC[C@H]2CS1. The van der Waals surface area contributed by atoms with Crippen molar-refractivity contribution >= 4 is 44.5 Å². The van der Waals surface area contributed by atoms with Gasteiger partial charge >= 0.3 is 0 Å². The standard InChI is InChI=1S/C19H18BrFN4O2S/c20-12-3-6-16(23-9-12)17(26)24-13-4-5-15(21)14(8-13)19-11(2-1-7-27-19)10-28-18(22)25-19/h3-6,8-9,11H,1-2,7,10H2,(H2,22,25)(H,24,26)/t11-,19+/m0/s1. The molecule has 6 nitrogen and oxygen atoms in total. The van der Waals surface area contributed by atoms with Gasteiger partial charge in [-0.1, -0.05) is 11.8 Å². The molecule has 2 atom stereocenters. The summed E-state index contributed by atoms with van der Waals surface area (Å²) in [5.41, 5.74) is 5.80. The minimum absolute atomic E-state index is 0.0205. The molecule has 3 heterocycles. The van der Waals surface area contributed by atoms with Crippen LogP contribution in [0.2, 0.25) is 0 Å². The molecule has 0 saturated carbocycles. The highest BCUT2D eigenvalue weighted by molar-refractivity contribution is 9.10. The van der Waals surface area contributed by atoms with Gasteiger partial charge in [-0.2, -0.15) is 0 Å². The molecule has 146 valence electrons. The van der Waals surface area contributed by atoms with Crippen molar-refractivity contribution in [2.75, 3.05) is 17.7 Å². The summed E-state index contributed by atoms with van der Waals surface area (Å²) in [6.45, 7) is 0.483. The second-order valence-corrected chi connectivity index (χ2v) is 8.61. The number of ether oxygens (including phenoxy) is 1. The Morgan fingerprint density at radius 1 is 1.39 bits per heavy atom. The Hall–Kier alpha value is -1.97. The summed E-state index contributed by atoms with van der Waals surface area (Å²) >= 11 is 4.74. The minimum atomic E-state index is -1.14. The molecule has 2 aliphatic rings. The zero-order valence-electron chi connectivity index (χ0n) is 14.8. The Kier molecular flexibility index (Phi) is 5.39. The number of aliphatic imine (C=N–C) groups is 1. The molecule has 1 saturated heterocycles. The zero-order valence-corrected chi connectivity index (χ0v) is 17.2. The van der Waals surface area contributed by atoms with Gasteiger partial charge in [0.1, 0.15) is 11.5 Å². The summed E-state index contributed by atoms with van der Waals surface area (Å²) in [6.07, 6.45) is 3.32. The smallest absolute Gasteiger partial charge is 0.274 e. The number of carbonyl (C=O) groups excluding carboxylic acids is 1. The molecule has 0 unspecified atom stereocenters. The highest BCUT2D eigenvalue weighted by atomic mass is 79.9. The third-order valence-electron chi connectivity index (χ3n) is 4.85. The number of hydrogen-bond donors (Lipinski definition) is 2. The number of pyridine rings is 1. The molecular weight excluding hydrogens is 447 g/mol. The number of fused-ring (bicyclic) bond motifs is 1. The van der Waals surface area contributed by atoms with Crippen LogP contribution in [0.4, 0.5) is 10.1 Å². The average molecular weight is 465 g/mol. The third kappa shape index (κ3) is 3.66. The fourth-order valence-electron chi connectivity index (χ4n) is 3.51. The predicted molar refractivity (Wildman–Crippen MR) is 111 cm³/mol. The Bertz CT molecular complexity index is 940. The van der Waals surface area contributed by atoms with Gasteiger partial charge in [-0.25, -0.2) is 14.4 Å². The molecule has 1 aromatic heterocycles. The molecule has 1 aromatic carbocycles. The molecule has 0 radical (unpaired) electrons. The van der Waals surface area contributed by atoms with Gasteiger partial charge in [0.25, 0.3) is 5.91 Å². The zero-order chi connectivity index (χ0) is 19.7. The van der Waals surface area contributed by atoms with E-state index in [1.165, 1.54) is 23.9 Å². The van der Waals surface area contributed by atoms with Crippen LogP contribution in [0.15, 0.2) is 46.0 Å². The van der Waals surface area contributed by atoms with E-state index in [0.29, 0.717) is 28.8 Å². The number of nitrogens with zero attached hydrogens (tertiary/aromatic N) is 2. The number of carbonyl (C=O) groups is 1. The third-order valence-corrected chi connectivity index (χ3v) is 6.28. The van der Waals surface area contributed by atoms with E-state index < -0.39 is 11.5 Å². The number of nitrogens with two attached hydrogens (primary N) is 1. The van der Waals surface area contributed by atoms with E-state index in [2.05, 4.69) is 31.2 Å². The van der Waals surface area contributed by atoms with Crippen LogP contribution in [0.1, 0.15) is 28.9 Å². The maximum Gasteiger partial charge on any atom is 0.274 e. The number of amidine groups is 1. The van der Waals surface area contributed by atoms with Crippen molar-refractivity contribution in [3.63, 3.8) is 0 Å². The first-order chi connectivity index (χ1) is 13.5. The van der Waals surface area contributed by atoms with Crippen LogP contribution in [0.5, 0.6) is 0 Å². The normalized spacial score (nSPS) is 24.2. The quantitative estimate of drug-likeness (QED) is 0.719. The fraction of sp³-hybridized carbons (Fsp3) is 0.316. The van der Waals surface area contributed by atoms with Crippen LogP contribution in [-0.4, -0.2) is 28.4 Å².